The number of amides is 1. The monoisotopic (exact) mass is 409 g/mol. The summed E-state index contributed by atoms with van der Waals surface area (Å²) in [6.45, 7) is 2.78. The van der Waals surface area contributed by atoms with Gasteiger partial charge in [-0.25, -0.2) is 4.98 Å². The van der Waals surface area contributed by atoms with Crippen LogP contribution in [0.2, 0.25) is 0 Å². The number of nitrogens with one attached hydrogen (secondary N) is 1. The molecule has 4 aliphatic rings. The first-order valence-corrected chi connectivity index (χ1v) is 11.3. The molecule has 0 unspecified atom stereocenters. The van der Waals surface area contributed by atoms with Crippen LogP contribution in [0.15, 0.2) is 29.1 Å². The molecule has 1 aromatic heterocycles. The maximum atomic E-state index is 13.5. The molecule has 4 fully saturated rings. The van der Waals surface area contributed by atoms with Crippen LogP contribution < -0.4 is 10.9 Å². The summed E-state index contributed by atoms with van der Waals surface area (Å²) in [6, 6.07) is 7.06. The molecule has 0 saturated heterocycles. The molecule has 1 N–H and O–H groups in total. The molecular formula is C24H31N3O3. The van der Waals surface area contributed by atoms with Gasteiger partial charge in [-0.15, -0.1) is 0 Å². The van der Waals surface area contributed by atoms with Crippen LogP contribution in [-0.4, -0.2) is 29.2 Å². The number of ether oxygens (including phenoxy) is 1. The van der Waals surface area contributed by atoms with Gasteiger partial charge in [0.05, 0.1) is 30.1 Å². The molecule has 1 heterocycles. The van der Waals surface area contributed by atoms with E-state index in [1.54, 1.807) is 17.7 Å². The van der Waals surface area contributed by atoms with E-state index < -0.39 is 0 Å². The number of carbonyl (C=O) groups excluding carboxylic acids is 1. The molecule has 6 heteroatoms. The summed E-state index contributed by atoms with van der Waals surface area (Å²) in [5.41, 5.74) is 0.378. The Morgan fingerprint density at radius 2 is 1.83 bits per heavy atom. The number of carbonyl (C=O) groups is 1. The maximum Gasteiger partial charge on any atom is 0.261 e. The topological polar surface area (TPSA) is 73.2 Å². The Bertz CT molecular complexity index is 993. The first-order chi connectivity index (χ1) is 14.5. The van der Waals surface area contributed by atoms with Crippen molar-refractivity contribution in [3.63, 3.8) is 0 Å². The number of hydrogen-bond donors (Lipinski definition) is 1. The highest BCUT2D eigenvalue weighted by Crippen LogP contribution is 2.60. The highest BCUT2D eigenvalue weighted by Gasteiger charge is 2.54. The summed E-state index contributed by atoms with van der Waals surface area (Å²) in [5.74, 6) is 2.92. The van der Waals surface area contributed by atoms with Crippen molar-refractivity contribution >= 4 is 16.8 Å². The lowest BCUT2D eigenvalue weighted by Crippen LogP contribution is -2.54. The minimum atomic E-state index is -0.334. The zero-order valence-corrected chi connectivity index (χ0v) is 17.9. The van der Waals surface area contributed by atoms with Crippen LogP contribution in [0.4, 0.5) is 0 Å². The zero-order valence-electron chi connectivity index (χ0n) is 17.9. The van der Waals surface area contributed by atoms with E-state index in [0.29, 0.717) is 29.9 Å². The van der Waals surface area contributed by atoms with Gasteiger partial charge < -0.3 is 10.1 Å². The molecule has 0 aliphatic heterocycles. The highest BCUT2D eigenvalue weighted by atomic mass is 16.5. The van der Waals surface area contributed by atoms with Crippen molar-refractivity contribution in [2.45, 2.75) is 58.0 Å². The molecule has 1 amide bonds. The number of para-hydroxylation sites is 1. The summed E-state index contributed by atoms with van der Waals surface area (Å²) < 4.78 is 6.88. The molecule has 4 bridgehead atoms. The van der Waals surface area contributed by atoms with Gasteiger partial charge in [-0.2, -0.15) is 0 Å². The van der Waals surface area contributed by atoms with Crippen LogP contribution >= 0.6 is 0 Å². The predicted octanol–water partition coefficient (Wildman–Crippen LogP) is 3.44. The summed E-state index contributed by atoms with van der Waals surface area (Å²) in [6.07, 6.45) is 7.01. The second kappa shape index (κ2) is 7.49. The van der Waals surface area contributed by atoms with Crippen molar-refractivity contribution in [1.82, 2.24) is 14.9 Å². The van der Waals surface area contributed by atoms with Crippen LogP contribution in [0.3, 0.4) is 0 Å². The smallest absolute Gasteiger partial charge is 0.261 e. The standard InChI is InChI=1S/C24H31N3O3/c1-15(25-23(29)24-12-16-9-17(13-24)11-18(10-16)14-24)21-26-20-6-4-3-5-19(20)22(28)27(21)7-8-30-2/h3-6,15-18H,7-14H2,1-2H3,(H,25,29)/t15-,16?,17?,18?,24?/m0/s1. The predicted molar refractivity (Wildman–Crippen MR) is 115 cm³/mol. The van der Waals surface area contributed by atoms with Gasteiger partial charge in [0.15, 0.2) is 0 Å². The van der Waals surface area contributed by atoms with Crippen molar-refractivity contribution in [2.24, 2.45) is 23.2 Å². The second-order valence-electron chi connectivity index (χ2n) is 9.83. The summed E-state index contributed by atoms with van der Waals surface area (Å²) >= 11 is 0. The van der Waals surface area contributed by atoms with E-state index >= 15 is 0 Å². The largest absolute Gasteiger partial charge is 0.383 e. The second-order valence-corrected chi connectivity index (χ2v) is 9.83. The Morgan fingerprint density at radius 3 is 2.47 bits per heavy atom. The number of rotatable bonds is 6. The highest BCUT2D eigenvalue weighted by molar-refractivity contribution is 5.83. The first kappa shape index (κ1) is 19.7. The van der Waals surface area contributed by atoms with Crippen molar-refractivity contribution in [3.8, 4) is 0 Å². The lowest BCUT2D eigenvalue weighted by atomic mass is 9.49. The fraction of sp³-hybridized carbons (Fsp3) is 0.625. The van der Waals surface area contributed by atoms with Gasteiger partial charge in [-0.05, 0) is 75.3 Å². The third-order valence-corrected chi connectivity index (χ3v) is 7.66. The first-order valence-electron chi connectivity index (χ1n) is 11.3. The Hall–Kier alpha value is -2.21. The van der Waals surface area contributed by atoms with E-state index in [-0.39, 0.29) is 22.9 Å². The third-order valence-electron chi connectivity index (χ3n) is 7.66. The SMILES string of the molecule is COCCn1c([C@H](C)NC(=O)C23CC4CC(CC(C4)C2)C3)nc2ccccc2c1=O. The molecule has 1 atom stereocenters. The van der Waals surface area contributed by atoms with E-state index in [0.717, 1.165) is 37.0 Å². The van der Waals surface area contributed by atoms with Crippen molar-refractivity contribution in [1.29, 1.82) is 0 Å². The number of benzene rings is 1. The summed E-state index contributed by atoms with van der Waals surface area (Å²) in [5, 5.41) is 3.85. The Balaban J connectivity index is 1.45. The molecule has 6 rings (SSSR count). The van der Waals surface area contributed by atoms with Gasteiger partial charge in [0.2, 0.25) is 5.91 Å². The molecule has 30 heavy (non-hydrogen) atoms. The average molecular weight is 410 g/mol. The van der Waals surface area contributed by atoms with Gasteiger partial charge in [0.1, 0.15) is 5.82 Å². The molecule has 1 aromatic carbocycles. The third kappa shape index (κ3) is 3.25. The van der Waals surface area contributed by atoms with Crippen molar-refractivity contribution in [3.05, 3.63) is 40.4 Å². The van der Waals surface area contributed by atoms with E-state index in [2.05, 4.69) is 5.32 Å². The molecular weight excluding hydrogens is 378 g/mol. The van der Waals surface area contributed by atoms with Crippen LogP contribution in [0.1, 0.15) is 57.3 Å². The Labute approximate surface area is 177 Å². The number of nitrogens with zero attached hydrogens (tertiary/aromatic N) is 2. The van der Waals surface area contributed by atoms with Gasteiger partial charge in [-0.3, -0.25) is 14.2 Å². The Morgan fingerprint density at radius 1 is 1.20 bits per heavy atom. The van der Waals surface area contributed by atoms with E-state index in [4.69, 9.17) is 9.72 Å². The quantitative estimate of drug-likeness (QED) is 0.793. The minimum Gasteiger partial charge on any atom is -0.383 e. The molecule has 0 spiro atoms. The number of aromatic nitrogens is 2. The van der Waals surface area contributed by atoms with Crippen LogP contribution in [0.5, 0.6) is 0 Å². The summed E-state index contributed by atoms with van der Waals surface area (Å²) in [4.78, 5) is 31.4. The lowest BCUT2D eigenvalue weighted by Gasteiger charge is -2.55. The van der Waals surface area contributed by atoms with E-state index in [9.17, 15) is 9.59 Å². The van der Waals surface area contributed by atoms with Gasteiger partial charge in [0.25, 0.3) is 5.56 Å². The molecule has 160 valence electrons. The molecule has 0 radical (unpaired) electrons. The fourth-order valence-corrected chi connectivity index (χ4v) is 6.72. The maximum absolute atomic E-state index is 13.5. The van der Waals surface area contributed by atoms with Gasteiger partial charge in [-0.1, -0.05) is 12.1 Å². The van der Waals surface area contributed by atoms with Crippen LogP contribution in [0, 0.1) is 23.2 Å². The lowest BCUT2D eigenvalue weighted by molar-refractivity contribution is -0.147. The molecule has 4 saturated carbocycles. The van der Waals surface area contributed by atoms with Crippen LogP contribution in [-0.2, 0) is 16.1 Å². The summed E-state index contributed by atoms with van der Waals surface area (Å²) in [7, 11) is 1.62. The van der Waals surface area contributed by atoms with E-state index in [1.807, 2.05) is 25.1 Å². The van der Waals surface area contributed by atoms with Crippen molar-refractivity contribution < 1.29 is 9.53 Å². The molecule has 6 nitrogen and oxygen atoms in total. The number of hydrogen-bond acceptors (Lipinski definition) is 4. The van der Waals surface area contributed by atoms with Gasteiger partial charge in [0, 0.05) is 12.5 Å². The Kier molecular flexibility index (Phi) is 4.92. The average Bonchev–Trinajstić information content (AvgIpc) is 2.72. The minimum absolute atomic E-state index is 0.0800. The molecule has 2 aromatic rings. The normalized spacial score (nSPS) is 30.5. The van der Waals surface area contributed by atoms with Crippen molar-refractivity contribution in [2.75, 3.05) is 13.7 Å². The van der Waals surface area contributed by atoms with Gasteiger partial charge >= 0.3 is 0 Å². The molecule has 4 aliphatic carbocycles. The van der Waals surface area contributed by atoms with Crippen LogP contribution in [0.25, 0.3) is 10.9 Å². The number of methoxy groups -OCH3 is 1. The zero-order chi connectivity index (χ0) is 20.9. The van der Waals surface area contributed by atoms with E-state index in [1.165, 1.54) is 19.3 Å². The fourth-order valence-electron chi connectivity index (χ4n) is 6.72. The number of fused-ring (bicyclic) bond motifs is 1.